The van der Waals surface area contributed by atoms with Crippen LogP contribution in [-0.4, -0.2) is 23.5 Å². The number of carbonyl (C=O) groups is 1. The second-order valence-electron chi connectivity index (χ2n) is 5.65. The third-order valence-electron chi connectivity index (χ3n) is 3.60. The molecule has 132 valence electrons. The highest BCUT2D eigenvalue weighted by molar-refractivity contribution is 6.32. The van der Waals surface area contributed by atoms with Crippen molar-refractivity contribution in [2.75, 3.05) is 6.61 Å². The van der Waals surface area contributed by atoms with E-state index in [0.717, 1.165) is 12.8 Å². The van der Waals surface area contributed by atoms with Crippen LogP contribution in [0.25, 0.3) is 0 Å². The van der Waals surface area contributed by atoms with Crippen LogP contribution in [-0.2, 0) is 11.2 Å². The lowest BCUT2D eigenvalue weighted by atomic mass is 10.1. The van der Waals surface area contributed by atoms with Gasteiger partial charge in [-0.05, 0) is 31.4 Å². The average molecular weight is 363 g/mol. The molecule has 2 aromatic carbocycles. The smallest absolute Gasteiger partial charge is 0.271 e. The van der Waals surface area contributed by atoms with Crippen LogP contribution in [0.3, 0.4) is 0 Å². The Hall–Kier alpha value is -2.60. The van der Waals surface area contributed by atoms with Crippen LogP contribution in [0.1, 0.15) is 18.9 Å². The maximum absolute atomic E-state index is 11.9. The van der Waals surface area contributed by atoms with Crippen LogP contribution in [0.4, 0.5) is 5.69 Å². The topological polar surface area (TPSA) is 81.5 Å². The lowest BCUT2D eigenvalue weighted by molar-refractivity contribution is -0.384. The van der Waals surface area contributed by atoms with Gasteiger partial charge in [0.15, 0.2) is 6.61 Å². The summed E-state index contributed by atoms with van der Waals surface area (Å²) in [5.41, 5.74) is 1.09. The van der Waals surface area contributed by atoms with Crippen molar-refractivity contribution in [2.24, 2.45) is 0 Å². The van der Waals surface area contributed by atoms with E-state index < -0.39 is 4.92 Å². The number of rotatable bonds is 8. The first-order valence-electron chi connectivity index (χ1n) is 7.85. The molecule has 0 aliphatic rings. The molecule has 0 radical (unpaired) electrons. The number of non-ortho nitro benzene ring substituents is 1. The molecule has 0 heterocycles. The van der Waals surface area contributed by atoms with E-state index in [2.05, 4.69) is 5.32 Å². The summed E-state index contributed by atoms with van der Waals surface area (Å²) in [7, 11) is 0. The quantitative estimate of drug-likeness (QED) is 0.572. The molecule has 25 heavy (non-hydrogen) atoms. The average Bonchev–Trinajstić information content (AvgIpc) is 2.59. The predicted octanol–water partition coefficient (Wildman–Crippen LogP) is 3.76. The number of hydrogen-bond donors (Lipinski definition) is 1. The fourth-order valence-electron chi connectivity index (χ4n) is 2.28. The van der Waals surface area contributed by atoms with Crippen LogP contribution < -0.4 is 10.1 Å². The van der Waals surface area contributed by atoms with Gasteiger partial charge in [0.05, 0.1) is 9.95 Å². The summed E-state index contributed by atoms with van der Waals surface area (Å²) in [4.78, 5) is 22.1. The van der Waals surface area contributed by atoms with Gasteiger partial charge >= 0.3 is 0 Å². The van der Waals surface area contributed by atoms with Gasteiger partial charge in [-0.1, -0.05) is 41.9 Å². The highest BCUT2D eigenvalue weighted by Crippen LogP contribution is 2.28. The molecule has 0 aliphatic carbocycles. The number of nitro groups is 1. The summed E-state index contributed by atoms with van der Waals surface area (Å²) in [5, 5.41) is 13.6. The Balaban J connectivity index is 1.77. The Morgan fingerprint density at radius 3 is 2.64 bits per heavy atom. The molecular weight excluding hydrogens is 344 g/mol. The highest BCUT2D eigenvalue weighted by Gasteiger charge is 2.13. The largest absolute Gasteiger partial charge is 0.482 e. The predicted molar refractivity (Wildman–Crippen MR) is 96.0 cm³/mol. The Morgan fingerprint density at radius 2 is 2.00 bits per heavy atom. The number of nitro benzene ring substituents is 1. The maximum Gasteiger partial charge on any atom is 0.271 e. The SMILES string of the molecule is C[C@H](CCc1ccccc1)NC(=O)COc1ccc([N+](=O)[O-])cc1Cl. The van der Waals surface area contributed by atoms with Crippen molar-refractivity contribution >= 4 is 23.2 Å². The van der Waals surface area contributed by atoms with Crippen LogP contribution in [0, 0.1) is 10.1 Å². The van der Waals surface area contributed by atoms with Gasteiger partial charge in [-0.3, -0.25) is 14.9 Å². The number of aryl methyl sites for hydroxylation is 1. The number of carbonyl (C=O) groups excluding carboxylic acids is 1. The number of nitrogens with one attached hydrogen (secondary N) is 1. The van der Waals surface area contributed by atoms with Crippen LogP contribution in [0.2, 0.25) is 5.02 Å². The lowest BCUT2D eigenvalue weighted by Gasteiger charge is -2.14. The summed E-state index contributed by atoms with van der Waals surface area (Å²) in [6.07, 6.45) is 1.69. The van der Waals surface area contributed by atoms with Crippen molar-refractivity contribution in [3.63, 3.8) is 0 Å². The van der Waals surface area contributed by atoms with Crippen LogP contribution in [0.15, 0.2) is 48.5 Å². The first kappa shape index (κ1) is 18.7. The summed E-state index contributed by atoms with van der Waals surface area (Å²) < 4.78 is 5.33. The molecule has 0 saturated heterocycles. The van der Waals surface area contributed by atoms with E-state index >= 15 is 0 Å². The summed E-state index contributed by atoms with van der Waals surface area (Å²) >= 11 is 5.92. The van der Waals surface area contributed by atoms with Gasteiger partial charge in [0, 0.05) is 18.2 Å². The second kappa shape index (κ2) is 9.03. The highest BCUT2D eigenvalue weighted by atomic mass is 35.5. The zero-order chi connectivity index (χ0) is 18.2. The molecule has 1 atom stereocenters. The van der Waals surface area contributed by atoms with E-state index in [0.29, 0.717) is 0 Å². The van der Waals surface area contributed by atoms with Crippen molar-refractivity contribution in [1.82, 2.24) is 5.32 Å². The summed E-state index contributed by atoms with van der Waals surface area (Å²) in [5.74, 6) is -0.0330. The zero-order valence-electron chi connectivity index (χ0n) is 13.8. The normalized spacial score (nSPS) is 11.6. The third kappa shape index (κ3) is 6.08. The minimum Gasteiger partial charge on any atom is -0.482 e. The molecule has 1 amide bonds. The molecule has 0 fully saturated rings. The van der Waals surface area contributed by atoms with Crippen molar-refractivity contribution in [3.05, 3.63) is 69.2 Å². The minimum absolute atomic E-state index is 0.00337. The molecule has 0 unspecified atom stereocenters. The van der Waals surface area contributed by atoms with Gasteiger partial charge in [0.2, 0.25) is 0 Å². The molecule has 6 nitrogen and oxygen atoms in total. The van der Waals surface area contributed by atoms with Gasteiger partial charge in [0.1, 0.15) is 5.75 Å². The van der Waals surface area contributed by atoms with E-state index in [1.165, 1.54) is 23.8 Å². The standard InChI is InChI=1S/C18H19ClN2O4/c1-13(7-8-14-5-3-2-4-6-14)20-18(22)12-25-17-10-9-15(21(23)24)11-16(17)19/h2-6,9-11,13H,7-8,12H2,1H3,(H,20,22)/t13-/m1/s1. The molecule has 0 bridgehead atoms. The molecule has 0 aliphatic heterocycles. The first-order chi connectivity index (χ1) is 12.0. The van der Waals surface area contributed by atoms with Crippen molar-refractivity contribution < 1.29 is 14.5 Å². The van der Waals surface area contributed by atoms with Crippen molar-refractivity contribution in [1.29, 1.82) is 0 Å². The van der Waals surface area contributed by atoms with Gasteiger partial charge in [0.25, 0.3) is 11.6 Å². The van der Waals surface area contributed by atoms with Crippen molar-refractivity contribution in [3.8, 4) is 5.75 Å². The molecule has 2 rings (SSSR count). The fourth-order valence-corrected chi connectivity index (χ4v) is 2.51. The number of benzene rings is 2. The molecule has 7 heteroatoms. The van der Waals surface area contributed by atoms with Gasteiger partial charge in [-0.25, -0.2) is 0 Å². The molecule has 1 N–H and O–H groups in total. The van der Waals surface area contributed by atoms with Gasteiger partial charge < -0.3 is 10.1 Å². The lowest BCUT2D eigenvalue weighted by Crippen LogP contribution is -2.36. The maximum atomic E-state index is 11.9. The van der Waals surface area contributed by atoms with Crippen LogP contribution in [0.5, 0.6) is 5.75 Å². The fraction of sp³-hybridized carbons (Fsp3) is 0.278. The Bertz CT molecular complexity index is 737. The number of ether oxygens (including phenoxy) is 1. The Kier molecular flexibility index (Phi) is 6.77. The number of amides is 1. The van der Waals surface area contributed by atoms with Gasteiger partial charge in [-0.2, -0.15) is 0 Å². The number of hydrogen-bond acceptors (Lipinski definition) is 4. The molecule has 2 aromatic rings. The Morgan fingerprint density at radius 1 is 1.28 bits per heavy atom. The van der Waals surface area contributed by atoms with E-state index in [9.17, 15) is 14.9 Å². The summed E-state index contributed by atoms with van der Waals surface area (Å²) in [6, 6.07) is 13.9. The number of halogens is 1. The first-order valence-corrected chi connectivity index (χ1v) is 8.23. The molecule has 0 saturated carbocycles. The Labute approximate surface area is 150 Å². The van der Waals surface area contributed by atoms with Crippen molar-refractivity contribution in [2.45, 2.75) is 25.8 Å². The molecule has 0 spiro atoms. The monoisotopic (exact) mass is 362 g/mol. The molecular formula is C18H19ClN2O4. The van der Waals surface area contributed by atoms with E-state index in [1.54, 1.807) is 0 Å². The second-order valence-corrected chi connectivity index (χ2v) is 6.06. The van der Waals surface area contributed by atoms with Crippen LogP contribution >= 0.6 is 11.6 Å². The molecule has 0 aromatic heterocycles. The van der Waals surface area contributed by atoms with E-state index in [-0.39, 0.29) is 35.0 Å². The van der Waals surface area contributed by atoms with E-state index in [1.807, 2.05) is 37.3 Å². The zero-order valence-corrected chi connectivity index (χ0v) is 14.5. The summed E-state index contributed by atoms with van der Waals surface area (Å²) in [6.45, 7) is 1.73. The minimum atomic E-state index is -0.545. The third-order valence-corrected chi connectivity index (χ3v) is 3.90. The van der Waals surface area contributed by atoms with Gasteiger partial charge in [-0.15, -0.1) is 0 Å². The van der Waals surface area contributed by atoms with E-state index in [4.69, 9.17) is 16.3 Å². The number of nitrogens with zero attached hydrogens (tertiary/aromatic N) is 1.